The number of aliphatic hydroxyl groups is 1. The van der Waals surface area contributed by atoms with Crippen molar-refractivity contribution in [2.24, 2.45) is 0 Å². The molecule has 0 radical (unpaired) electrons. The van der Waals surface area contributed by atoms with Gasteiger partial charge in [0.15, 0.2) is 11.6 Å². The van der Waals surface area contributed by atoms with Gasteiger partial charge in [0.1, 0.15) is 11.6 Å². The zero-order valence-corrected chi connectivity index (χ0v) is 13.9. The highest BCUT2D eigenvalue weighted by Crippen LogP contribution is 2.26. The van der Waals surface area contributed by atoms with Gasteiger partial charge in [0.2, 0.25) is 0 Å². The van der Waals surface area contributed by atoms with Gasteiger partial charge in [-0.1, -0.05) is 6.07 Å². The Morgan fingerprint density at radius 3 is 2.80 bits per heavy atom. The van der Waals surface area contributed by atoms with Crippen molar-refractivity contribution in [1.29, 1.82) is 0 Å². The number of nitrogens with zero attached hydrogens (tertiary/aromatic N) is 2. The van der Waals surface area contributed by atoms with Gasteiger partial charge in [-0.3, -0.25) is 5.32 Å². The average molecular weight is 345 g/mol. The number of halogens is 1. The molecule has 1 fully saturated rings. The molecule has 6 nitrogen and oxygen atoms in total. The summed E-state index contributed by atoms with van der Waals surface area (Å²) in [5.41, 5.74) is 0.805. The van der Waals surface area contributed by atoms with Gasteiger partial charge in [-0.15, -0.1) is 0 Å². The summed E-state index contributed by atoms with van der Waals surface area (Å²) < 4.78 is 19.4. The quantitative estimate of drug-likeness (QED) is 0.895. The second-order valence-corrected chi connectivity index (χ2v) is 6.06. The van der Waals surface area contributed by atoms with E-state index >= 15 is 0 Å². The molecule has 2 heterocycles. The largest absolute Gasteiger partial charge is 0.454 e. The standard InChI is InChI=1S/C18H20FN3O3/c1-12-2-3-16(15(19)10-12)25-14-4-7-20-17(11-14)21-18(24)22-8-5-13(23)6-9-22/h2-4,7,10-11,13,23H,5-6,8-9H2,1H3,(H,20,21,24). The number of amides is 2. The predicted octanol–water partition coefficient (Wildman–Crippen LogP) is 3.31. The molecule has 0 spiro atoms. The summed E-state index contributed by atoms with van der Waals surface area (Å²) in [6, 6.07) is 7.56. The zero-order valence-electron chi connectivity index (χ0n) is 13.9. The summed E-state index contributed by atoms with van der Waals surface area (Å²) in [6.07, 6.45) is 2.27. The Morgan fingerprint density at radius 2 is 2.08 bits per heavy atom. The molecule has 2 N–H and O–H groups in total. The number of hydrogen-bond acceptors (Lipinski definition) is 4. The number of likely N-dealkylation sites (tertiary alicyclic amines) is 1. The van der Waals surface area contributed by atoms with Crippen molar-refractivity contribution in [3.8, 4) is 11.5 Å². The number of nitrogens with one attached hydrogen (secondary N) is 1. The number of rotatable bonds is 3. The lowest BCUT2D eigenvalue weighted by Gasteiger charge is -2.29. The molecule has 25 heavy (non-hydrogen) atoms. The zero-order chi connectivity index (χ0) is 17.8. The van der Waals surface area contributed by atoms with Crippen LogP contribution in [0.15, 0.2) is 36.5 Å². The molecule has 1 aliphatic heterocycles. The van der Waals surface area contributed by atoms with E-state index in [2.05, 4.69) is 10.3 Å². The van der Waals surface area contributed by atoms with Gasteiger partial charge in [-0.05, 0) is 43.5 Å². The number of piperidine rings is 1. The summed E-state index contributed by atoms with van der Waals surface area (Å²) in [5, 5.41) is 12.2. The number of ether oxygens (including phenoxy) is 1. The van der Waals surface area contributed by atoms with E-state index in [1.54, 1.807) is 30.0 Å². The number of aromatic nitrogens is 1. The fourth-order valence-electron chi connectivity index (χ4n) is 2.62. The first-order valence-electron chi connectivity index (χ1n) is 8.15. The van der Waals surface area contributed by atoms with Crippen LogP contribution in [0.2, 0.25) is 0 Å². The van der Waals surface area contributed by atoms with Crippen molar-refractivity contribution in [2.45, 2.75) is 25.9 Å². The van der Waals surface area contributed by atoms with E-state index in [9.17, 15) is 14.3 Å². The number of urea groups is 1. The predicted molar refractivity (Wildman–Crippen MR) is 91.3 cm³/mol. The lowest BCUT2D eigenvalue weighted by Crippen LogP contribution is -2.42. The maximum absolute atomic E-state index is 13.9. The topological polar surface area (TPSA) is 74.7 Å². The second kappa shape index (κ2) is 7.48. The van der Waals surface area contributed by atoms with E-state index < -0.39 is 5.82 Å². The number of hydrogen-bond donors (Lipinski definition) is 2. The molecular weight excluding hydrogens is 325 g/mol. The highest BCUT2D eigenvalue weighted by atomic mass is 19.1. The fourth-order valence-corrected chi connectivity index (χ4v) is 2.62. The van der Waals surface area contributed by atoms with Crippen LogP contribution in [0.25, 0.3) is 0 Å². The summed E-state index contributed by atoms with van der Waals surface area (Å²) in [5.74, 6) is 0.358. The molecule has 7 heteroatoms. The molecule has 1 aromatic heterocycles. The lowest BCUT2D eigenvalue weighted by molar-refractivity contribution is 0.0972. The van der Waals surface area contributed by atoms with E-state index in [-0.39, 0.29) is 17.9 Å². The molecule has 0 saturated carbocycles. The molecule has 0 unspecified atom stereocenters. The van der Waals surface area contributed by atoms with Crippen LogP contribution in [0.1, 0.15) is 18.4 Å². The third-order valence-corrected chi connectivity index (χ3v) is 4.03. The second-order valence-electron chi connectivity index (χ2n) is 6.06. The third-order valence-electron chi connectivity index (χ3n) is 4.03. The van der Waals surface area contributed by atoms with Crippen LogP contribution in [0.3, 0.4) is 0 Å². The molecule has 3 rings (SSSR count). The Kier molecular flexibility index (Phi) is 5.14. The number of pyridine rings is 1. The number of benzene rings is 1. The Hall–Kier alpha value is -2.67. The summed E-state index contributed by atoms with van der Waals surface area (Å²) >= 11 is 0. The molecule has 1 aromatic carbocycles. The van der Waals surface area contributed by atoms with Crippen molar-refractivity contribution in [3.63, 3.8) is 0 Å². The minimum atomic E-state index is -0.450. The molecule has 0 atom stereocenters. The van der Waals surface area contributed by atoms with E-state index in [4.69, 9.17) is 4.74 Å². The van der Waals surface area contributed by atoms with E-state index in [1.807, 2.05) is 0 Å². The first-order chi connectivity index (χ1) is 12.0. The fraction of sp³-hybridized carbons (Fsp3) is 0.333. The van der Waals surface area contributed by atoms with Crippen molar-refractivity contribution in [2.75, 3.05) is 18.4 Å². The van der Waals surface area contributed by atoms with Crippen molar-refractivity contribution >= 4 is 11.8 Å². The van der Waals surface area contributed by atoms with E-state index in [0.717, 1.165) is 5.56 Å². The van der Waals surface area contributed by atoms with Crippen LogP contribution < -0.4 is 10.1 Å². The number of anilines is 1. The van der Waals surface area contributed by atoms with Crippen LogP contribution in [0.4, 0.5) is 15.0 Å². The minimum Gasteiger partial charge on any atom is -0.454 e. The van der Waals surface area contributed by atoms with Gasteiger partial charge in [-0.2, -0.15) is 0 Å². The highest BCUT2D eigenvalue weighted by Gasteiger charge is 2.21. The molecule has 0 bridgehead atoms. The van der Waals surface area contributed by atoms with Gasteiger partial charge >= 0.3 is 6.03 Å². The maximum Gasteiger partial charge on any atom is 0.323 e. The summed E-state index contributed by atoms with van der Waals surface area (Å²) in [4.78, 5) is 17.9. The first kappa shape index (κ1) is 17.2. The summed E-state index contributed by atoms with van der Waals surface area (Å²) in [6.45, 7) is 2.79. The maximum atomic E-state index is 13.9. The highest BCUT2D eigenvalue weighted by molar-refractivity contribution is 5.88. The Morgan fingerprint density at radius 1 is 1.32 bits per heavy atom. The number of aryl methyl sites for hydroxylation is 1. The van der Waals surface area contributed by atoms with Crippen LogP contribution in [-0.2, 0) is 0 Å². The van der Waals surface area contributed by atoms with Crippen molar-refractivity contribution < 1.29 is 19.0 Å². The SMILES string of the molecule is Cc1ccc(Oc2ccnc(NC(=O)N3CCC(O)CC3)c2)c(F)c1. The average Bonchev–Trinajstić information content (AvgIpc) is 2.58. The molecule has 2 aromatic rings. The van der Waals surface area contributed by atoms with Crippen LogP contribution >= 0.6 is 0 Å². The molecule has 1 saturated heterocycles. The Labute approximate surface area is 145 Å². The van der Waals surface area contributed by atoms with E-state index in [0.29, 0.717) is 37.5 Å². The van der Waals surface area contributed by atoms with Gasteiger partial charge in [0.05, 0.1) is 6.10 Å². The Bertz CT molecular complexity index is 761. The van der Waals surface area contributed by atoms with E-state index in [1.165, 1.54) is 18.3 Å². The lowest BCUT2D eigenvalue weighted by atomic mass is 10.1. The van der Waals surface area contributed by atoms with Gasteiger partial charge in [0.25, 0.3) is 0 Å². The first-order valence-corrected chi connectivity index (χ1v) is 8.15. The molecule has 1 aliphatic rings. The van der Waals surface area contributed by atoms with Crippen LogP contribution in [0, 0.1) is 12.7 Å². The van der Waals surface area contributed by atoms with Gasteiger partial charge in [-0.25, -0.2) is 14.2 Å². The van der Waals surface area contributed by atoms with Gasteiger partial charge in [0, 0.05) is 25.4 Å². The van der Waals surface area contributed by atoms with Crippen molar-refractivity contribution in [1.82, 2.24) is 9.88 Å². The van der Waals surface area contributed by atoms with Gasteiger partial charge < -0.3 is 14.7 Å². The molecular formula is C18H20FN3O3. The molecule has 132 valence electrons. The monoisotopic (exact) mass is 345 g/mol. The molecule has 0 aliphatic carbocycles. The minimum absolute atomic E-state index is 0.110. The summed E-state index contributed by atoms with van der Waals surface area (Å²) in [7, 11) is 0. The van der Waals surface area contributed by atoms with Crippen LogP contribution in [0.5, 0.6) is 11.5 Å². The number of carbonyl (C=O) groups excluding carboxylic acids is 1. The van der Waals surface area contributed by atoms with Crippen LogP contribution in [-0.4, -0.2) is 40.2 Å². The molecule has 2 amide bonds. The normalized spacial score (nSPS) is 15.1. The number of carbonyl (C=O) groups is 1. The number of aliphatic hydroxyl groups excluding tert-OH is 1. The Balaban J connectivity index is 1.66. The van der Waals surface area contributed by atoms with Crippen molar-refractivity contribution in [3.05, 3.63) is 47.9 Å². The smallest absolute Gasteiger partial charge is 0.323 e. The third kappa shape index (κ3) is 4.45.